The third-order valence-corrected chi connectivity index (χ3v) is 6.18. The molecule has 1 N–H and O–H groups in total. The lowest BCUT2D eigenvalue weighted by molar-refractivity contribution is 0.102. The van der Waals surface area contributed by atoms with E-state index in [0.717, 1.165) is 26.0 Å². The molecule has 0 aliphatic carbocycles. The predicted octanol–water partition coefficient (Wildman–Crippen LogP) is 5.52. The van der Waals surface area contributed by atoms with Crippen LogP contribution in [-0.2, 0) is 0 Å². The van der Waals surface area contributed by atoms with Gasteiger partial charge in [-0.15, -0.1) is 11.3 Å². The van der Waals surface area contributed by atoms with Gasteiger partial charge in [-0.05, 0) is 50.3 Å². The van der Waals surface area contributed by atoms with Crippen molar-refractivity contribution in [2.75, 3.05) is 0 Å². The normalized spacial score (nSPS) is 15.1. The molecule has 2 atom stereocenters. The van der Waals surface area contributed by atoms with Crippen molar-refractivity contribution < 1.29 is 5.11 Å². The average Bonchev–Trinajstić information content (AvgIpc) is 2.60. The van der Waals surface area contributed by atoms with Crippen LogP contribution in [0.3, 0.4) is 0 Å². The van der Waals surface area contributed by atoms with Gasteiger partial charge in [-0.3, -0.25) is 0 Å². The van der Waals surface area contributed by atoms with Gasteiger partial charge in [0.15, 0.2) is 0 Å². The lowest BCUT2D eigenvalue weighted by Gasteiger charge is -2.20. The number of thiophene rings is 1. The molecule has 0 bridgehead atoms. The van der Waals surface area contributed by atoms with E-state index in [-0.39, 0.29) is 6.10 Å². The Kier molecular flexibility index (Phi) is 6.55. The van der Waals surface area contributed by atoms with Crippen LogP contribution in [0.4, 0.5) is 0 Å². The molecule has 0 radical (unpaired) electrons. The van der Waals surface area contributed by atoms with Crippen LogP contribution in [0, 0.1) is 5.92 Å². The molecule has 0 aromatic carbocycles. The Labute approximate surface area is 119 Å². The molecule has 0 amide bonds. The van der Waals surface area contributed by atoms with E-state index < -0.39 is 0 Å². The van der Waals surface area contributed by atoms with Gasteiger partial charge in [0.1, 0.15) is 0 Å². The standard InChI is InChI=1S/C12H18Br2OS/c1-3-5-6-8(4-2)11(15)10-7-9(13)12(14)16-10/h7-8,11,15H,3-6H2,1-2H3. The van der Waals surface area contributed by atoms with E-state index in [1.807, 2.05) is 6.07 Å². The summed E-state index contributed by atoms with van der Waals surface area (Å²) in [4.78, 5) is 1.06. The lowest BCUT2D eigenvalue weighted by atomic mass is 9.92. The van der Waals surface area contributed by atoms with E-state index in [0.29, 0.717) is 5.92 Å². The highest BCUT2D eigenvalue weighted by Gasteiger charge is 2.21. The van der Waals surface area contributed by atoms with Gasteiger partial charge in [0.2, 0.25) is 0 Å². The molecule has 0 saturated heterocycles. The third-order valence-electron chi connectivity index (χ3n) is 2.86. The van der Waals surface area contributed by atoms with Gasteiger partial charge < -0.3 is 5.11 Å². The smallest absolute Gasteiger partial charge is 0.0910 e. The maximum absolute atomic E-state index is 10.3. The van der Waals surface area contributed by atoms with Crippen molar-refractivity contribution in [2.45, 2.75) is 45.6 Å². The second-order valence-electron chi connectivity index (χ2n) is 4.03. The first-order valence-corrected chi connectivity index (χ1v) is 8.13. The Balaban J connectivity index is 2.70. The maximum atomic E-state index is 10.3. The summed E-state index contributed by atoms with van der Waals surface area (Å²) in [5, 5.41) is 10.3. The van der Waals surface area contributed by atoms with Crippen molar-refractivity contribution >= 4 is 43.2 Å². The fourth-order valence-corrected chi connectivity index (χ4v) is 3.96. The Morgan fingerprint density at radius 3 is 2.50 bits per heavy atom. The van der Waals surface area contributed by atoms with Crippen LogP contribution in [-0.4, -0.2) is 5.11 Å². The second kappa shape index (κ2) is 7.14. The number of halogens is 2. The highest BCUT2D eigenvalue weighted by molar-refractivity contribution is 9.13. The Bertz CT molecular complexity index is 305. The minimum absolute atomic E-state index is 0.316. The summed E-state index contributed by atoms with van der Waals surface area (Å²) >= 11 is 8.55. The maximum Gasteiger partial charge on any atom is 0.0910 e. The zero-order valence-corrected chi connectivity index (χ0v) is 13.7. The van der Waals surface area contributed by atoms with Gasteiger partial charge in [-0.2, -0.15) is 0 Å². The summed E-state index contributed by atoms with van der Waals surface area (Å²) in [5.41, 5.74) is 0. The molecule has 92 valence electrons. The number of unbranched alkanes of at least 4 members (excludes halogenated alkanes) is 1. The Morgan fingerprint density at radius 1 is 1.38 bits per heavy atom. The van der Waals surface area contributed by atoms with Crippen LogP contribution in [0.1, 0.15) is 50.5 Å². The van der Waals surface area contributed by atoms with Crippen LogP contribution in [0.25, 0.3) is 0 Å². The number of aliphatic hydroxyl groups excluding tert-OH is 1. The third kappa shape index (κ3) is 3.83. The van der Waals surface area contributed by atoms with Gasteiger partial charge in [0, 0.05) is 9.35 Å². The molecule has 0 aliphatic rings. The molecule has 1 heterocycles. The molecule has 0 saturated carbocycles. The van der Waals surface area contributed by atoms with Crippen molar-refractivity contribution in [1.29, 1.82) is 0 Å². The molecular formula is C12H18Br2OS. The van der Waals surface area contributed by atoms with E-state index in [2.05, 4.69) is 45.7 Å². The monoisotopic (exact) mass is 368 g/mol. The molecule has 1 nitrogen and oxygen atoms in total. The van der Waals surface area contributed by atoms with E-state index in [9.17, 15) is 5.11 Å². The van der Waals surface area contributed by atoms with Crippen molar-refractivity contribution in [3.8, 4) is 0 Å². The minimum atomic E-state index is -0.316. The van der Waals surface area contributed by atoms with E-state index in [1.54, 1.807) is 11.3 Å². The minimum Gasteiger partial charge on any atom is -0.387 e. The van der Waals surface area contributed by atoms with Crippen LogP contribution in [0.5, 0.6) is 0 Å². The SMILES string of the molecule is CCCCC(CC)C(O)c1cc(Br)c(Br)s1. The molecule has 0 aliphatic heterocycles. The molecule has 0 spiro atoms. The van der Waals surface area contributed by atoms with Gasteiger partial charge in [0.25, 0.3) is 0 Å². The summed E-state index contributed by atoms with van der Waals surface area (Å²) in [5.74, 6) is 0.386. The first-order chi connectivity index (χ1) is 7.60. The van der Waals surface area contributed by atoms with Gasteiger partial charge in [-0.25, -0.2) is 0 Å². The fraction of sp³-hybridized carbons (Fsp3) is 0.667. The zero-order chi connectivity index (χ0) is 12.1. The van der Waals surface area contributed by atoms with Gasteiger partial charge in [0.05, 0.1) is 9.89 Å². The average molecular weight is 370 g/mol. The van der Waals surface area contributed by atoms with Crippen LogP contribution < -0.4 is 0 Å². The summed E-state index contributed by atoms with van der Waals surface area (Å²) in [7, 11) is 0. The van der Waals surface area contributed by atoms with Crippen molar-refractivity contribution in [3.63, 3.8) is 0 Å². The van der Waals surface area contributed by atoms with Crippen LogP contribution in [0.15, 0.2) is 14.3 Å². The molecular weight excluding hydrogens is 352 g/mol. The van der Waals surface area contributed by atoms with Crippen molar-refractivity contribution in [3.05, 3.63) is 19.2 Å². The number of rotatable bonds is 6. The highest BCUT2D eigenvalue weighted by atomic mass is 79.9. The van der Waals surface area contributed by atoms with Crippen LogP contribution >= 0.6 is 43.2 Å². The predicted molar refractivity (Wildman–Crippen MR) is 78.0 cm³/mol. The van der Waals surface area contributed by atoms with Crippen LogP contribution in [0.2, 0.25) is 0 Å². The largest absolute Gasteiger partial charge is 0.387 e. The molecule has 0 fully saturated rings. The van der Waals surface area contributed by atoms with Crippen molar-refractivity contribution in [1.82, 2.24) is 0 Å². The molecule has 4 heteroatoms. The summed E-state index contributed by atoms with van der Waals surface area (Å²) < 4.78 is 2.10. The Hall–Kier alpha value is 0.620. The van der Waals surface area contributed by atoms with Gasteiger partial charge >= 0.3 is 0 Å². The topological polar surface area (TPSA) is 20.2 Å². The van der Waals surface area contributed by atoms with Gasteiger partial charge in [-0.1, -0.05) is 33.1 Å². The molecule has 2 unspecified atom stereocenters. The van der Waals surface area contributed by atoms with E-state index in [1.165, 1.54) is 12.8 Å². The van der Waals surface area contributed by atoms with Crippen molar-refractivity contribution in [2.24, 2.45) is 5.92 Å². The molecule has 16 heavy (non-hydrogen) atoms. The zero-order valence-electron chi connectivity index (χ0n) is 9.67. The summed E-state index contributed by atoms with van der Waals surface area (Å²) in [6.07, 6.45) is 4.23. The summed E-state index contributed by atoms with van der Waals surface area (Å²) in [6.45, 7) is 4.35. The first kappa shape index (κ1) is 14.7. The quantitative estimate of drug-likeness (QED) is 0.699. The second-order valence-corrected chi connectivity index (χ2v) is 7.28. The number of aliphatic hydroxyl groups is 1. The summed E-state index contributed by atoms with van der Waals surface area (Å²) in [6, 6.07) is 2.02. The van der Waals surface area contributed by atoms with E-state index in [4.69, 9.17) is 0 Å². The lowest BCUT2D eigenvalue weighted by Crippen LogP contribution is -2.10. The highest BCUT2D eigenvalue weighted by Crippen LogP contribution is 2.39. The molecule has 1 aromatic heterocycles. The molecule has 1 aromatic rings. The molecule has 1 rings (SSSR count). The first-order valence-electron chi connectivity index (χ1n) is 5.72. The van der Waals surface area contributed by atoms with E-state index >= 15 is 0 Å². The fourth-order valence-electron chi connectivity index (χ4n) is 1.79. The Morgan fingerprint density at radius 2 is 2.06 bits per heavy atom. The number of hydrogen-bond acceptors (Lipinski definition) is 2. The number of hydrogen-bond donors (Lipinski definition) is 1.